The number of nitrogens with zero attached hydrogens (tertiary/aromatic N) is 1. The number of amides is 1. The van der Waals surface area contributed by atoms with E-state index in [2.05, 4.69) is 39.6 Å². The Hall–Kier alpha value is -2.27. The van der Waals surface area contributed by atoms with Crippen molar-refractivity contribution < 1.29 is 4.79 Å². The van der Waals surface area contributed by atoms with Gasteiger partial charge in [-0.1, -0.05) is 36.0 Å². The molecule has 30 heavy (non-hydrogen) atoms. The number of aromatic nitrogens is 2. The fourth-order valence-corrected chi connectivity index (χ4v) is 7.39. The maximum atomic E-state index is 12.4. The highest BCUT2D eigenvalue weighted by atomic mass is 32.2. The number of nitrogens with one attached hydrogen (secondary N) is 2. The fraction of sp³-hybridized carbons (Fsp3) is 0.440. The second-order valence-electron chi connectivity index (χ2n) is 9.67. The number of hydrogen-bond acceptors (Lipinski definition) is 3. The van der Waals surface area contributed by atoms with Crippen LogP contribution in [-0.4, -0.2) is 21.6 Å². The summed E-state index contributed by atoms with van der Waals surface area (Å²) in [5.74, 6) is 3.20. The zero-order valence-corrected chi connectivity index (χ0v) is 17.9. The number of para-hydroxylation sites is 2. The molecule has 7 rings (SSSR count). The van der Waals surface area contributed by atoms with Gasteiger partial charge in [-0.2, -0.15) is 0 Å². The molecule has 0 spiro atoms. The van der Waals surface area contributed by atoms with Gasteiger partial charge in [0.05, 0.1) is 16.8 Å². The summed E-state index contributed by atoms with van der Waals surface area (Å²) < 4.78 is 0. The summed E-state index contributed by atoms with van der Waals surface area (Å²) in [7, 11) is 0. The highest BCUT2D eigenvalue weighted by Gasteiger charge is 2.51. The van der Waals surface area contributed by atoms with Gasteiger partial charge in [-0.05, 0) is 91.5 Å². The van der Waals surface area contributed by atoms with Crippen LogP contribution >= 0.6 is 11.8 Å². The number of H-pyrrole nitrogens is 1. The molecule has 5 heteroatoms. The third-order valence-corrected chi connectivity index (χ3v) is 8.40. The van der Waals surface area contributed by atoms with Gasteiger partial charge in [0.2, 0.25) is 5.91 Å². The maximum absolute atomic E-state index is 12.4. The topological polar surface area (TPSA) is 57.8 Å². The minimum Gasteiger partial charge on any atom is -0.333 e. The summed E-state index contributed by atoms with van der Waals surface area (Å²) in [5, 5.41) is 3.83. The number of carbonyl (C=O) groups is 1. The van der Waals surface area contributed by atoms with Crippen LogP contribution in [0.1, 0.15) is 44.1 Å². The first-order valence-electron chi connectivity index (χ1n) is 11.1. The van der Waals surface area contributed by atoms with Crippen molar-refractivity contribution in [2.45, 2.75) is 49.1 Å². The Balaban J connectivity index is 1.09. The molecule has 1 heterocycles. The molecule has 4 nitrogen and oxygen atoms in total. The van der Waals surface area contributed by atoms with Crippen LogP contribution in [0.25, 0.3) is 11.0 Å². The van der Waals surface area contributed by atoms with Crippen LogP contribution in [0.4, 0.5) is 5.69 Å². The van der Waals surface area contributed by atoms with Crippen LogP contribution in [-0.2, 0) is 10.2 Å². The Morgan fingerprint density at radius 3 is 2.33 bits per heavy atom. The van der Waals surface area contributed by atoms with Gasteiger partial charge in [0.25, 0.3) is 0 Å². The Morgan fingerprint density at radius 1 is 1.00 bits per heavy atom. The van der Waals surface area contributed by atoms with Crippen LogP contribution in [0, 0.1) is 17.8 Å². The average molecular weight is 418 g/mol. The lowest BCUT2D eigenvalue weighted by molar-refractivity contribution is -0.113. The van der Waals surface area contributed by atoms with E-state index in [1.807, 2.05) is 24.3 Å². The van der Waals surface area contributed by atoms with Gasteiger partial charge in [0, 0.05) is 5.69 Å². The van der Waals surface area contributed by atoms with Crippen LogP contribution < -0.4 is 5.32 Å². The van der Waals surface area contributed by atoms with E-state index in [9.17, 15) is 4.79 Å². The van der Waals surface area contributed by atoms with Crippen molar-refractivity contribution in [3.05, 3.63) is 54.1 Å². The lowest BCUT2D eigenvalue weighted by atomic mass is 9.48. The van der Waals surface area contributed by atoms with Gasteiger partial charge in [-0.15, -0.1) is 0 Å². The molecule has 2 aromatic carbocycles. The average Bonchev–Trinajstić information content (AvgIpc) is 3.15. The van der Waals surface area contributed by atoms with Gasteiger partial charge in [0.15, 0.2) is 5.16 Å². The van der Waals surface area contributed by atoms with Gasteiger partial charge in [-0.25, -0.2) is 4.98 Å². The number of rotatable bonds is 5. The number of aromatic amines is 1. The number of imidazole rings is 1. The third-order valence-electron chi connectivity index (χ3n) is 7.53. The van der Waals surface area contributed by atoms with E-state index >= 15 is 0 Å². The molecule has 0 atom stereocenters. The van der Waals surface area contributed by atoms with Gasteiger partial charge < -0.3 is 10.3 Å². The first kappa shape index (κ1) is 18.5. The molecule has 1 amide bonds. The standard InChI is InChI=1S/C25H27N3OS/c29-23(15-30-24-27-21-3-1-2-4-22(21)28-24)26-20-7-5-19(6-8-20)25-12-16-9-17(13-25)11-18(10-16)14-25/h1-8,16-18H,9-15H2,(H,26,29)(H,27,28). The van der Waals surface area contributed by atoms with Crippen molar-refractivity contribution in [2.24, 2.45) is 17.8 Å². The molecular weight excluding hydrogens is 390 g/mol. The Morgan fingerprint density at radius 2 is 1.67 bits per heavy atom. The summed E-state index contributed by atoms with van der Waals surface area (Å²) in [6.07, 6.45) is 8.53. The predicted octanol–water partition coefficient (Wildman–Crippen LogP) is 5.76. The highest BCUT2D eigenvalue weighted by molar-refractivity contribution is 7.99. The van der Waals surface area contributed by atoms with Gasteiger partial charge in [0.1, 0.15) is 0 Å². The predicted molar refractivity (Wildman–Crippen MR) is 122 cm³/mol. The van der Waals surface area contributed by atoms with Crippen LogP contribution in [0.15, 0.2) is 53.7 Å². The van der Waals surface area contributed by atoms with E-state index in [-0.39, 0.29) is 5.91 Å². The molecule has 4 aliphatic carbocycles. The number of benzene rings is 2. The summed E-state index contributed by atoms with van der Waals surface area (Å²) in [4.78, 5) is 20.2. The SMILES string of the molecule is O=C(CSc1nc2ccccc2[nH]1)Nc1ccc(C23CC4CC(CC(C4)C2)C3)cc1. The first-order valence-corrected chi connectivity index (χ1v) is 12.1. The summed E-state index contributed by atoms with van der Waals surface area (Å²) in [6, 6.07) is 16.7. The van der Waals surface area contributed by atoms with Crippen molar-refractivity contribution in [2.75, 3.05) is 11.1 Å². The molecule has 4 fully saturated rings. The third kappa shape index (κ3) is 3.33. The second-order valence-corrected chi connectivity index (χ2v) is 10.6. The zero-order valence-electron chi connectivity index (χ0n) is 17.1. The fourth-order valence-electron chi connectivity index (χ4n) is 6.70. The quantitative estimate of drug-likeness (QED) is 0.519. The second kappa shape index (κ2) is 7.16. The number of anilines is 1. The van der Waals surface area contributed by atoms with E-state index in [1.165, 1.54) is 55.9 Å². The van der Waals surface area contributed by atoms with Crippen LogP contribution in [0.3, 0.4) is 0 Å². The smallest absolute Gasteiger partial charge is 0.234 e. The van der Waals surface area contributed by atoms with Crippen molar-refractivity contribution in [3.63, 3.8) is 0 Å². The molecule has 4 bridgehead atoms. The lowest BCUT2D eigenvalue weighted by Crippen LogP contribution is -2.48. The number of thioether (sulfide) groups is 1. The molecule has 0 aliphatic heterocycles. The Bertz CT molecular complexity index is 1020. The molecule has 0 saturated heterocycles. The molecule has 154 valence electrons. The van der Waals surface area contributed by atoms with Gasteiger partial charge in [-0.3, -0.25) is 4.79 Å². The van der Waals surface area contributed by atoms with Crippen LogP contribution in [0.5, 0.6) is 0 Å². The number of carbonyl (C=O) groups excluding carboxylic acids is 1. The van der Waals surface area contributed by atoms with E-state index in [0.717, 1.165) is 39.6 Å². The Labute approximate surface area is 181 Å². The monoisotopic (exact) mass is 417 g/mol. The van der Waals surface area contributed by atoms with E-state index in [0.29, 0.717) is 11.2 Å². The van der Waals surface area contributed by atoms with Crippen molar-refractivity contribution in [1.29, 1.82) is 0 Å². The summed E-state index contributed by atoms with van der Waals surface area (Å²) in [6.45, 7) is 0. The molecule has 0 unspecified atom stereocenters. The molecular formula is C25H27N3OS. The highest BCUT2D eigenvalue weighted by Crippen LogP contribution is 2.60. The van der Waals surface area contributed by atoms with Gasteiger partial charge >= 0.3 is 0 Å². The first-order chi connectivity index (χ1) is 14.6. The van der Waals surface area contributed by atoms with E-state index in [4.69, 9.17) is 0 Å². The molecule has 4 aliphatic rings. The van der Waals surface area contributed by atoms with Crippen molar-refractivity contribution in [3.8, 4) is 0 Å². The lowest BCUT2D eigenvalue weighted by Gasteiger charge is -2.57. The van der Waals surface area contributed by atoms with Crippen molar-refractivity contribution >= 4 is 34.4 Å². The minimum absolute atomic E-state index is 0.00279. The molecule has 1 aromatic heterocycles. The molecule has 0 radical (unpaired) electrons. The number of fused-ring (bicyclic) bond motifs is 1. The summed E-state index contributed by atoms with van der Waals surface area (Å²) in [5.41, 5.74) is 4.73. The summed E-state index contributed by atoms with van der Waals surface area (Å²) >= 11 is 1.44. The van der Waals surface area contributed by atoms with Crippen LogP contribution in [0.2, 0.25) is 0 Å². The molecule has 3 aromatic rings. The maximum Gasteiger partial charge on any atom is 0.234 e. The Kier molecular flexibility index (Phi) is 4.41. The minimum atomic E-state index is 0.00279. The molecule has 2 N–H and O–H groups in total. The molecule has 4 saturated carbocycles. The number of hydrogen-bond donors (Lipinski definition) is 2. The zero-order chi connectivity index (χ0) is 20.1. The van der Waals surface area contributed by atoms with Crippen molar-refractivity contribution in [1.82, 2.24) is 9.97 Å². The normalized spacial score (nSPS) is 29.4. The largest absolute Gasteiger partial charge is 0.333 e. The van der Waals surface area contributed by atoms with E-state index in [1.54, 1.807) is 0 Å². The van der Waals surface area contributed by atoms with E-state index < -0.39 is 0 Å².